The predicted molar refractivity (Wildman–Crippen MR) is 86.6 cm³/mol. The highest BCUT2D eigenvalue weighted by Gasteiger charge is 2.09. The number of carbonyl (C=O) groups excluding carboxylic acids is 1. The van der Waals surface area contributed by atoms with Crippen molar-refractivity contribution >= 4 is 11.6 Å². The summed E-state index contributed by atoms with van der Waals surface area (Å²) in [6.07, 6.45) is 1.05. The van der Waals surface area contributed by atoms with Gasteiger partial charge in [-0.05, 0) is 56.5 Å². The van der Waals surface area contributed by atoms with Gasteiger partial charge >= 0.3 is 0 Å². The van der Waals surface area contributed by atoms with E-state index in [9.17, 15) is 4.79 Å². The zero-order valence-electron chi connectivity index (χ0n) is 13.1. The van der Waals surface area contributed by atoms with Gasteiger partial charge in [-0.25, -0.2) is 0 Å². The lowest BCUT2D eigenvalue weighted by atomic mass is 10.1. The van der Waals surface area contributed by atoms with E-state index in [0.29, 0.717) is 18.4 Å². The molecule has 1 aromatic carbocycles. The van der Waals surface area contributed by atoms with Crippen molar-refractivity contribution in [3.05, 3.63) is 58.4 Å². The third-order valence-corrected chi connectivity index (χ3v) is 3.51. The first-order valence-corrected chi connectivity index (χ1v) is 7.23. The molecule has 0 radical (unpaired) electrons. The molecule has 0 fully saturated rings. The number of hydrogen-bond acceptors (Lipinski definition) is 3. The maximum absolute atomic E-state index is 12.1. The average Bonchev–Trinajstić information content (AvgIpc) is 2.49. The molecule has 0 bridgehead atoms. The van der Waals surface area contributed by atoms with Crippen molar-refractivity contribution in [2.75, 3.05) is 5.32 Å². The van der Waals surface area contributed by atoms with E-state index in [1.54, 1.807) is 12.1 Å². The smallest absolute Gasteiger partial charge is 0.224 e. The topological polar surface area (TPSA) is 65.8 Å². The minimum absolute atomic E-state index is 0.0267. The van der Waals surface area contributed by atoms with Gasteiger partial charge in [0.05, 0.1) is 23.0 Å². The van der Waals surface area contributed by atoms with E-state index < -0.39 is 0 Å². The van der Waals surface area contributed by atoms with Gasteiger partial charge in [-0.1, -0.05) is 12.1 Å². The van der Waals surface area contributed by atoms with Crippen LogP contribution in [-0.4, -0.2) is 10.9 Å². The standard InChI is InChI=1S/C18H19N3O/c1-12-10-13(2)20-14(3)18(12)21-17(22)9-8-15-4-6-16(11-19)7-5-15/h4-7,10H,8-9H2,1-3H3,(H,21,22). The zero-order valence-corrected chi connectivity index (χ0v) is 13.1. The molecule has 0 saturated heterocycles. The van der Waals surface area contributed by atoms with E-state index in [4.69, 9.17) is 5.26 Å². The molecule has 0 aliphatic rings. The second-order valence-corrected chi connectivity index (χ2v) is 5.40. The largest absolute Gasteiger partial charge is 0.324 e. The highest BCUT2D eigenvalue weighted by atomic mass is 16.1. The van der Waals surface area contributed by atoms with Crippen LogP contribution in [0.25, 0.3) is 0 Å². The summed E-state index contributed by atoms with van der Waals surface area (Å²) >= 11 is 0. The Hall–Kier alpha value is -2.67. The Labute approximate surface area is 130 Å². The molecule has 2 rings (SSSR count). The van der Waals surface area contributed by atoms with Crippen molar-refractivity contribution in [2.45, 2.75) is 33.6 Å². The molecule has 1 aromatic heterocycles. The van der Waals surface area contributed by atoms with Crippen LogP contribution >= 0.6 is 0 Å². The first-order valence-electron chi connectivity index (χ1n) is 7.23. The van der Waals surface area contributed by atoms with Gasteiger partial charge in [0.2, 0.25) is 5.91 Å². The number of aryl methyl sites for hydroxylation is 4. The van der Waals surface area contributed by atoms with Crippen molar-refractivity contribution in [2.24, 2.45) is 0 Å². The van der Waals surface area contributed by atoms with Crippen molar-refractivity contribution in [3.8, 4) is 6.07 Å². The van der Waals surface area contributed by atoms with Gasteiger partial charge in [0.1, 0.15) is 0 Å². The van der Waals surface area contributed by atoms with E-state index in [0.717, 1.165) is 28.2 Å². The number of nitrogens with one attached hydrogen (secondary N) is 1. The van der Waals surface area contributed by atoms with Crippen LogP contribution in [0.1, 0.15) is 34.5 Å². The number of hydrogen-bond donors (Lipinski definition) is 1. The summed E-state index contributed by atoms with van der Waals surface area (Å²) in [6, 6.07) is 11.4. The van der Waals surface area contributed by atoms with Gasteiger partial charge in [0.25, 0.3) is 0 Å². The molecule has 1 N–H and O–H groups in total. The molecule has 0 atom stereocenters. The summed E-state index contributed by atoms with van der Waals surface area (Å²) in [4.78, 5) is 16.5. The van der Waals surface area contributed by atoms with Gasteiger partial charge in [0, 0.05) is 12.1 Å². The van der Waals surface area contributed by atoms with Gasteiger partial charge in [-0.15, -0.1) is 0 Å². The Morgan fingerprint density at radius 3 is 2.50 bits per heavy atom. The number of nitriles is 1. The summed E-state index contributed by atoms with van der Waals surface area (Å²) in [5.41, 5.74) is 5.29. The minimum atomic E-state index is -0.0267. The van der Waals surface area contributed by atoms with Crippen LogP contribution in [0.4, 0.5) is 5.69 Å². The Bertz CT molecular complexity index is 704. The number of pyridine rings is 1. The molecular weight excluding hydrogens is 274 g/mol. The van der Waals surface area contributed by atoms with Crippen LogP contribution in [0.5, 0.6) is 0 Å². The van der Waals surface area contributed by atoms with Crippen molar-refractivity contribution in [1.82, 2.24) is 4.98 Å². The van der Waals surface area contributed by atoms with Crippen molar-refractivity contribution in [1.29, 1.82) is 5.26 Å². The second-order valence-electron chi connectivity index (χ2n) is 5.40. The lowest BCUT2D eigenvalue weighted by Gasteiger charge is -2.12. The van der Waals surface area contributed by atoms with Gasteiger partial charge in [-0.3, -0.25) is 9.78 Å². The van der Waals surface area contributed by atoms with Crippen molar-refractivity contribution < 1.29 is 4.79 Å². The summed E-state index contributed by atoms with van der Waals surface area (Å²) in [6.45, 7) is 5.81. The number of aromatic nitrogens is 1. The molecule has 1 heterocycles. The molecule has 0 aliphatic carbocycles. The average molecular weight is 293 g/mol. The van der Waals surface area contributed by atoms with Crippen LogP contribution in [-0.2, 0) is 11.2 Å². The third-order valence-electron chi connectivity index (χ3n) is 3.51. The van der Waals surface area contributed by atoms with E-state index in [-0.39, 0.29) is 5.91 Å². The normalized spacial score (nSPS) is 10.1. The molecule has 22 heavy (non-hydrogen) atoms. The first-order chi connectivity index (χ1) is 10.5. The van der Waals surface area contributed by atoms with Gasteiger partial charge < -0.3 is 5.32 Å². The quantitative estimate of drug-likeness (QED) is 0.939. The molecule has 112 valence electrons. The van der Waals surface area contributed by atoms with Crippen molar-refractivity contribution in [3.63, 3.8) is 0 Å². The maximum Gasteiger partial charge on any atom is 0.224 e. The van der Waals surface area contributed by atoms with E-state index in [1.807, 2.05) is 39.0 Å². The molecule has 1 amide bonds. The fraction of sp³-hybridized carbons (Fsp3) is 0.278. The van der Waals surface area contributed by atoms with Gasteiger partial charge in [-0.2, -0.15) is 5.26 Å². The Morgan fingerprint density at radius 1 is 1.23 bits per heavy atom. The summed E-state index contributed by atoms with van der Waals surface area (Å²) < 4.78 is 0. The molecule has 0 spiro atoms. The summed E-state index contributed by atoms with van der Waals surface area (Å²) in [5, 5.41) is 11.7. The number of nitrogens with zero attached hydrogens (tertiary/aromatic N) is 2. The first kappa shape index (κ1) is 15.7. The molecule has 0 saturated carbocycles. The number of benzene rings is 1. The highest BCUT2D eigenvalue weighted by Crippen LogP contribution is 2.19. The molecule has 4 heteroatoms. The fourth-order valence-electron chi connectivity index (χ4n) is 2.42. The monoisotopic (exact) mass is 293 g/mol. The minimum Gasteiger partial charge on any atom is -0.324 e. The third kappa shape index (κ3) is 3.92. The molecular formula is C18H19N3O. The molecule has 4 nitrogen and oxygen atoms in total. The van der Waals surface area contributed by atoms with Crippen LogP contribution in [0.2, 0.25) is 0 Å². The van der Waals surface area contributed by atoms with Crippen LogP contribution in [0.3, 0.4) is 0 Å². The van der Waals surface area contributed by atoms with Crippen LogP contribution in [0, 0.1) is 32.1 Å². The number of carbonyl (C=O) groups is 1. The van der Waals surface area contributed by atoms with E-state index in [1.165, 1.54) is 0 Å². The van der Waals surface area contributed by atoms with E-state index >= 15 is 0 Å². The second kappa shape index (κ2) is 6.86. The lowest BCUT2D eigenvalue weighted by Crippen LogP contribution is -2.15. The Morgan fingerprint density at radius 2 is 1.91 bits per heavy atom. The maximum atomic E-state index is 12.1. The highest BCUT2D eigenvalue weighted by molar-refractivity contribution is 5.92. The fourth-order valence-corrected chi connectivity index (χ4v) is 2.42. The zero-order chi connectivity index (χ0) is 16.1. The summed E-state index contributed by atoms with van der Waals surface area (Å²) in [7, 11) is 0. The Kier molecular flexibility index (Phi) is 4.90. The number of rotatable bonds is 4. The molecule has 2 aromatic rings. The van der Waals surface area contributed by atoms with Crippen LogP contribution in [0.15, 0.2) is 30.3 Å². The van der Waals surface area contributed by atoms with Crippen LogP contribution < -0.4 is 5.32 Å². The Balaban J connectivity index is 1.97. The number of amides is 1. The molecule has 0 aliphatic heterocycles. The summed E-state index contributed by atoms with van der Waals surface area (Å²) in [5.74, 6) is -0.0267. The SMILES string of the molecule is Cc1cc(C)c(NC(=O)CCc2ccc(C#N)cc2)c(C)n1. The predicted octanol–water partition coefficient (Wildman–Crippen LogP) is 3.45. The number of anilines is 1. The van der Waals surface area contributed by atoms with Gasteiger partial charge in [0.15, 0.2) is 0 Å². The lowest BCUT2D eigenvalue weighted by molar-refractivity contribution is -0.116. The molecule has 0 unspecified atom stereocenters. The van der Waals surface area contributed by atoms with E-state index in [2.05, 4.69) is 16.4 Å².